The third kappa shape index (κ3) is 3.54. The molecule has 1 N–H and O–H groups in total. The minimum atomic E-state index is 0.0206. The van der Waals surface area contributed by atoms with Gasteiger partial charge in [0.25, 0.3) is 0 Å². The number of halogens is 1. The minimum Gasteiger partial charge on any atom is -0.295 e. The van der Waals surface area contributed by atoms with E-state index in [-0.39, 0.29) is 11.7 Å². The molecule has 0 radical (unpaired) electrons. The Hall–Kier alpha value is -1.72. The summed E-state index contributed by atoms with van der Waals surface area (Å²) in [6, 6.07) is 7.21. The van der Waals surface area contributed by atoms with Crippen molar-refractivity contribution in [1.29, 1.82) is 0 Å². The van der Waals surface area contributed by atoms with Gasteiger partial charge in [0.1, 0.15) is 5.82 Å². The lowest BCUT2D eigenvalue weighted by Crippen LogP contribution is -2.38. The summed E-state index contributed by atoms with van der Waals surface area (Å²) in [7, 11) is 0. The third-order valence-electron chi connectivity index (χ3n) is 3.99. The molecule has 116 valence electrons. The first-order valence-electron chi connectivity index (χ1n) is 7.52. The van der Waals surface area contributed by atoms with Gasteiger partial charge in [0, 0.05) is 23.0 Å². The predicted molar refractivity (Wildman–Crippen MR) is 84.9 cm³/mol. The molecule has 1 atom stereocenters. The number of carbonyl (C=O) groups excluding carboxylic acids is 1. The van der Waals surface area contributed by atoms with Crippen molar-refractivity contribution >= 4 is 17.4 Å². The third-order valence-corrected chi connectivity index (χ3v) is 4.23. The van der Waals surface area contributed by atoms with Crippen LogP contribution in [-0.4, -0.2) is 39.0 Å². The van der Waals surface area contributed by atoms with Crippen LogP contribution in [0.25, 0.3) is 0 Å². The summed E-state index contributed by atoms with van der Waals surface area (Å²) in [6.07, 6.45) is 1.94. The molecule has 1 aliphatic rings. The molecule has 1 unspecified atom stereocenters. The van der Waals surface area contributed by atoms with Gasteiger partial charge in [-0.2, -0.15) is 5.10 Å². The standard InChI is InChI=1S/C16H19ClN4O/c1-11-18-15(20-19-11)10-21-7-3-5-13(9-21)16(22)12-4-2-6-14(17)8-12/h2,4,6,8,13H,3,5,7,9-10H2,1H3,(H,18,19,20). The number of piperidine rings is 1. The summed E-state index contributed by atoms with van der Waals surface area (Å²) < 4.78 is 0. The number of rotatable bonds is 4. The van der Waals surface area contributed by atoms with Gasteiger partial charge in [-0.1, -0.05) is 23.7 Å². The summed E-state index contributed by atoms with van der Waals surface area (Å²) in [5.41, 5.74) is 0.702. The molecule has 0 aliphatic carbocycles. The van der Waals surface area contributed by atoms with E-state index in [1.54, 1.807) is 12.1 Å². The van der Waals surface area contributed by atoms with Crippen LogP contribution in [0, 0.1) is 12.8 Å². The molecule has 6 heteroatoms. The van der Waals surface area contributed by atoms with Crippen molar-refractivity contribution in [3.8, 4) is 0 Å². The van der Waals surface area contributed by atoms with Gasteiger partial charge in [-0.05, 0) is 38.4 Å². The Labute approximate surface area is 134 Å². The van der Waals surface area contributed by atoms with Crippen molar-refractivity contribution in [2.75, 3.05) is 13.1 Å². The molecule has 1 aromatic heterocycles. The van der Waals surface area contributed by atoms with Crippen LogP contribution in [0.3, 0.4) is 0 Å². The maximum atomic E-state index is 12.6. The lowest BCUT2D eigenvalue weighted by molar-refractivity contribution is 0.0808. The van der Waals surface area contributed by atoms with Crippen molar-refractivity contribution < 1.29 is 4.79 Å². The van der Waals surface area contributed by atoms with Crippen molar-refractivity contribution in [1.82, 2.24) is 20.1 Å². The van der Waals surface area contributed by atoms with Crippen molar-refractivity contribution in [3.63, 3.8) is 0 Å². The first kappa shape index (κ1) is 15.2. The van der Waals surface area contributed by atoms with E-state index in [9.17, 15) is 4.79 Å². The fraction of sp³-hybridized carbons (Fsp3) is 0.438. The van der Waals surface area contributed by atoms with Crippen LogP contribution in [0.1, 0.15) is 34.8 Å². The highest BCUT2D eigenvalue weighted by molar-refractivity contribution is 6.31. The molecule has 1 fully saturated rings. The Morgan fingerprint density at radius 1 is 1.50 bits per heavy atom. The number of likely N-dealkylation sites (tertiary alicyclic amines) is 1. The smallest absolute Gasteiger partial charge is 0.167 e. The van der Waals surface area contributed by atoms with Crippen LogP contribution in [0.2, 0.25) is 5.02 Å². The molecule has 2 heterocycles. The number of Topliss-reactive ketones (excluding diaryl/α,β-unsaturated/α-hetero) is 1. The van der Waals surface area contributed by atoms with E-state index < -0.39 is 0 Å². The molecule has 3 rings (SSSR count). The average molecular weight is 319 g/mol. The molecule has 0 spiro atoms. The lowest BCUT2D eigenvalue weighted by atomic mass is 9.90. The van der Waals surface area contributed by atoms with Crippen molar-refractivity contribution in [2.45, 2.75) is 26.3 Å². The molecule has 0 saturated carbocycles. The lowest BCUT2D eigenvalue weighted by Gasteiger charge is -2.31. The van der Waals surface area contributed by atoms with Crippen LogP contribution in [-0.2, 0) is 6.54 Å². The molecular weight excluding hydrogens is 300 g/mol. The van der Waals surface area contributed by atoms with Crippen LogP contribution in [0.15, 0.2) is 24.3 Å². The second-order valence-electron chi connectivity index (χ2n) is 5.79. The Morgan fingerprint density at radius 3 is 3.09 bits per heavy atom. The quantitative estimate of drug-likeness (QED) is 0.881. The highest BCUT2D eigenvalue weighted by Crippen LogP contribution is 2.23. The number of benzene rings is 1. The number of aromatic nitrogens is 3. The monoisotopic (exact) mass is 318 g/mol. The minimum absolute atomic E-state index is 0.0206. The van der Waals surface area contributed by atoms with E-state index in [0.717, 1.165) is 37.6 Å². The Kier molecular flexibility index (Phi) is 4.55. The van der Waals surface area contributed by atoms with Gasteiger partial charge < -0.3 is 0 Å². The molecule has 5 nitrogen and oxygen atoms in total. The second kappa shape index (κ2) is 6.58. The number of carbonyl (C=O) groups is 1. The van der Waals surface area contributed by atoms with Crippen LogP contribution >= 0.6 is 11.6 Å². The van der Waals surface area contributed by atoms with Gasteiger partial charge in [-0.3, -0.25) is 14.8 Å². The van der Waals surface area contributed by atoms with E-state index in [1.165, 1.54) is 0 Å². The summed E-state index contributed by atoms with van der Waals surface area (Å²) in [4.78, 5) is 19.2. The highest BCUT2D eigenvalue weighted by atomic mass is 35.5. The first-order valence-corrected chi connectivity index (χ1v) is 7.89. The van der Waals surface area contributed by atoms with Gasteiger partial charge in [0.15, 0.2) is 11.6 Å². The Morgan fingerprint density at radius 2 is 2.36 bits per heavy atom. The molecule has 1 saturated heterocycles. The second-order valence-corrected chi connectivity index (χ2v) is 6.22. The van der Waals surface area contributed by atoms with Crippen LogP contribution in [0.5, 0.6) is 0 Å². The van der Waals surface area contributed by atoms with Crippen molar-refractivity contribution in [2.24, 2.45) is 5.92 Å². The van der Waals surface area contributed by atoms with Gasteiger partial charge in [-0.25, -0.2) is 4.98 Å². The fourth-order valence-electron chi connectivity index (χ4n) is 2.95. The predicted octanol–water partition coefficient (Wildman–Crippen LogP) is 2.86. The zero-order valence-electron chi connectivity index (χ0n) is 12.6. The molecule has 22 heavy (non-hydrogen) atoms. The number of nitrogens with zero attached hydrogens (tertiary/aromatic N) is 3. The zero-order valence-corrected chi connectivity index (χ0v) is 13.3. The van der Waals surface area contributed by atoms with E-state index in [1.807, 2.05) is 19.1 Å². The largest absolute Gasteiger partial charge is 0.295 e. The molecule has 1 aliphatic heterocycles. The number of nitrogens with one attached hydrogen (secondary N) is 1. The molecule has 0 amide bonds. The Balaban J connectivity index is 1.66. The molecule has 1 aromatic carbocycles. The highest BCUT2D eigenvalue weighted by Gasteiger charge is 2.27. The van der Waals surface area contributed by atoms with Gasteiger partial charge in [-0.15, -0.1) is 0 Å². The summed E-state index contributed by atoms with van der Waals surface area (Å²) in [6.45, 7) is 4.30. The SMILES string of the molecule is Cc1nc(CN2CCCC(C(=O)c3cccc(Cl)c3)C2)n[nH]1. The first-order chi connectivity index (χ1) is 10.6. The zero-order chi connectivity index (χ0) is 15.5. The van der Waals surface area contributed by atoms with Crippen LogP contribution in [0.4, 0.5) is 0 Å². The number of aromatic amines is 1. The summed E-state index contributed by atoms with van der Waals surface area (Å²) in [5, 5.41) is 7.63. The number of H-pyrrole nitrogens is 1. The van der Waals surface area contributed by atoms with E-state index in [4.69, 9.17) is 11.6 Å². The molecular formula is C16H19ClN4O. The van der Waals surface area contributed by atoms with Gasteiger partial charge in [0.2, 0.25) is 0 Å². The normalized spacial score (nSPS) is 19.3. The Bertz CT molecular complexity index is 670. The maximum Gasteiger partial charge on any atom is 0.167 e. The van der Waals surface area contributed by atoms with Crippen molar-refractivity contribution in [3.05, 3.63) is 46.5 Å². The van der Waals surface area contributed by atoms with Gasteiger partial charge >= 0.3 is 0 Å². The molecule has 0 bridgehead atoms. The number of hydrogen-bond donors (Lipinski definition) is 1. The molecule has 2 aromatic rings. The van der Waals surface area contributed by atoms with E-state index in [0.29, 0.717) is 17.1 Å². The van der Waals surface area contributed by atoms with E-state index >= 15 is 0 Å². The van der Waals surface area contributed by atoms with E-state index in [2.05, 4.69) is 20.1 Å². The summed E-state index contributed by atoms with van der Waals surface area (Å²) in [5.74, 6) is 1.80. The summed E-state index contributed by atoms with van der Waals surface area (Å²) >= 11 is 5.98. The maximum absolute atomic E-state index is 12.6. The van der Waals surface area contributed by atoms with Crippen LogP contribution < -0.4 is 0 Å². The number of hydrogen-bond acceptors (Lipinski definition) is 4. The number of ketones is 1. The fourth-order valence-corrected chi connectivity index (χ4v) is 3.14. The topological polar surface area (TPSA) is 61.9 Å². The van der Waals surface area contributed by atoms with Gasteiger partial charge in [0.05, 0.1) is 6.54 Å². The number of aryl methyl sites for hydroxylation is 1. The average Bonchev–Trinajstić information content (AvgIpc) is 2.92.